The average Bonchev–Trinajstić information content (AvgIpc) is 2.79. The Morgan fingerprint density at radius 3 is 2.33 bits per heavy atom. The van der Waals surface area contributed by atoms with Crippen LogP contribution >= 0.6 is 23.5 Å². The Morgan fingerprint density at radius 1 is 1.17 bits per heavy atom. The zero-order valence-electron chi connectivity index (χ0n) is 10.0. The van der Waals surface area contributed by atoms with Gasteiger partial charge in [0.2, 0.25) is 0 Å². The molecule has 0 spiro atoms. The standard InChI is InChI=1S/C13H17FO2S2/c14-11-5-3-10(4-6-11)13(17-8-9-18-13)7-1-2-12(15)16/h3-6,12,15-16H,1-2,7-9H2. The SMILES string of the molecule is OC(O)CCCC1(c2ccc(F)cc2)SCCS1. The van der Waals surface area contributed by atoms with Crippen LogP contribution in [-0.2, 0) is 4.08 Å². The molecule has 0 radical (unpaired) electrons. The lowest BCUT2D eigenvalue weighted by Gasteiger charge is -2.28. The molecule has 1 aliphatic rings. The zero-order valence-corrected chi connectivity index (χ0v) is 11.6. The van der Waals surface area contributed by atoms with Gasteiger partial charge in [-0.1, -0.05) is 12.1 Å². The van der Waals surface area contributed by atoms with E-state index in [0.29, 0.717) is 6.42 Å². The Balaban J connectivity index is 2.08. The van der Waals surface area contributed by atoms with Crippen LogP contribution in [0.3, 0.4) is 0 Å². The molecule has 0 atom stereocenters. The van der Waals surface area contributed by atoms with E-state index >= 15 is 0 Å². The van der Waals surface area contributed by atoms with Crippen molar-refractivity contribution in [1.29, 1.82) is 0 Å². The Labute approximate surface area is 115 Å². The number of benzene rings is 1. The molecule has 1 aliphatic heterocycles. The summed E-state index contributed by atoms with van der Waals surface area (Å²) >= 11 is 3.76. The minimum Gasteiger partial charge on any atom is -0.368 e. The van der Waals surface area contributed by atoms with E-state index in [1.54, 1.807) is 0 Å². The van der Waals surface area contributed by atoms with Gasteiger partial charge in [-0.15, -0.1) is 23.5 Å². The Hall–Kier alpha value is -0.230. The van der Waals surface area contributed by atoms with Gasteiger partial charge in [0.25, 0.3) is 0 Å². The summed E-state index contributed by atoms with van der Waals surface area (Å²) in [6, 6.07) is 6.68. The van der Waals surface area contributed by atoms with E-state index in [1.165, 1.54) is 12.1 Å². The second-order valence-corrected chi connectivity index (χ2v) is 7.38. The Morgan fingerprint density at radius 2 is 1.78 bits per heavy atom. The van der Waals surface area contributed by atoms with Gasteiger partial charge in [0, 0.05) is 11.5 Å². The molecular weight excluding hydrogens is 271 g/mol. The normalized spacial score (nSPS) is 18.4. The number of halogens is 1. The fourth-order valence-electron chi connectivity index (χ4n) is 2.13. The van der Waals surface area contributed by atoms with Crippen LogP contribution in [0.1, 0.15) is 24.8 Å². The molecule has 18 heavy (non-hydrogen) atoms. The lowest BCUT2D eigenvalue weighted by atomic mass is 10.1. The maximum absolute atomic E-state index is 13.0. The lowest BCUT2D eigenvalue weighted by molar-refractivity contribution is -0.0466. The van der Waals surface area contributed by atoms with Crippen molar-refractivity contribution in [3.63, 3.8) is 0 Å². The largest absolute Gasteiger partial charge is 0.368 e. The summed E-state index contributed by atoms with van der Waals surface area (Å²) < 4.78 is 12.9. The molecule has 0 amide bonds. The van der Waals surface area contributed by atoms with Crippen LogP contribution in [0.15, 0.2) is 24.3 Å². The molecule has 0 aromatic heterocycles. The quantitative estimate of drug-likeness (QED) is 0.817. The summed E-state index contributed by atoms with van der Waals surface area (Å²) in [5, 5.41) is 17.8. The maximum atomic E-state index is 13.0. The van der Waals surface area contributed by atoms with Crippen LogP contribution in [0.2, 0.25) is 0 Å². The molecule has 0 aliphatic carbocycles. The minimum absolute atomic E-state index is 0.0391. The molecule has 2 nitrogen and oxygen atoms in total. The summed E-state index contributed by atoms with van der Waals surface area (Å²) in [6.45, 7) is 0. The first kappa shape index (κ1) is 14.2. The fourth-order valence-corrected chi connectivity index (χ4v) is 5.47. The second-order valence-electron chi connectivity index (χ2n) is 4.33. The van der Waals surface area contributed by atoms with E-state index in [1.807, 2.05) is 35.7 Å². The first-order valence-corrected chi connectivity index (χ1v) is 8.00. The van der Waals surface area contributed by atoms with Crippen molar-refractivity contribution < 1.29 is 14.6 Å². The number of hydrogen-bond donors (Lipinski definition) is 2. The van der Waals surface area contributed by atoms with E-state index in [-0.39, 0.29) is 9.90 Å². The third-order valence-corrected chi connectivity index (χ3v) is 6.60. The highest BCUT2D eigenvalue weighted by Gasteiger charge is 2.36. The van der Waals surface area contributed by atoms with E-state index in [4.69, 9.17) is 10.2 Å². The molecule has 2 N–H and O–H groups in total. The molecule has 1 aromatic rings. The van der Waals surface area contributed by atoms with Gasteiger partial charge in [-0.3, -0.25) is 0 Å². The number of hydrogen-bond acceptors (Lipinski definition) is 4. The number of thioether (sulfide) groups is 2. The van der Waals surface area contributed by atoms with Gasteiger partial charge in [0.05, 0.1) is 4.08 Å². The van der Waals surface area contributed by atoms with Crippen LogP contribution < -0.4 is 0 Å². The van der Waals surface area contributed by atoms with Gasteiger partial charge >= 0.3 is 0 Å². The second kappa shape index (κ2) is 6.28. The summed E-state index contributed by atoms with van der Waals surface area (Å²) in [7, 11) is 0. The third-order valence-electron chi connectivity index (χ3n) is 3.01. The molecule has 5 heteroatoms. The van der Waals surface area contributed by atoms with E-state index in [9.17, 15) is 4.39 Å². The van der Waals surface area contributed by atoms with Crippen molar-refractivity contribution in [2.45, 2.75) is 29.6 Å². The minimum atomic E-state index is -1.23. The van der Waals surface area contributed by atoms with Gasteiger partial charge in [0.15, 0.2) is 6.29 Å². The van der Waals surface area contributed by atoms with Crippen molar-refractivity contribution in [2.24, 2.45) is 0 Å². The number of rotatable bonds is 5. The average molecular weight is 288 g/mol. The summed E-state index contributed by atoms with van der Waals surface area (Å²) in [6.07, 6.45) is 0.802. The lowest BCUT2D eigenvalue weighted by Crippen LogP contribution is -2.16. The highest BCUT2D eigenvalue weighted by molar-refractivity contribution is 8.20. The molecule has 1 aromatic carbocycles. The molecule has 0 unspecified atom stereocenters. The molecule has 0 bridgehead atoms. The maximum Gasteiger partial charge on any atom is 0.151 e. The first-order chi connectivity index (χ1) is 8.62. The van der Waals surface area contributed by atoms with Crippen LogP contribution in [-0.4, -0.2) is 28.0 Å². The van der Waals surface area contributed by atoms with Crippen LogP contribution in [0.25, 0.3) is 0 Å². The van der Waals surface area contributed by atoms with Crippen LogP contribution in [0, 0.1) is 5.82 Å². The van der Waals surface area contributed by atoms with Crippen molar-refractivity contribution in [3.8, 4) is 0 Å². The van der Waals surface area contributed by atoms with Gasteiger partial charge in [-0.05, 0) is 37.0 Å². The van der Waals surface area contributed by atoms with Crippen molar-refractivity contribution in [2.75, 3.05) is 11.5 Å². The zero-order chi connectivity index (χ0) is 13.0. The number of aliphatic hydroxyl groups is 2. The fraction of sp³-hybridized carbons (Fsp3) is 0.538. The third kappa shape index (κ3) is 3.41. The molecule has 1 heterocycles. The highest BCUT2D eigenvalue weighted by atomic mass is 32.2. The predicted octanol–water partition coefficient (Wildman–Crippen LogP) is 2.94. The van der Waals surface area contributed by atoms with Crippen molar-refractivity contribution >= 4 is 23.5 Å². The molecular formula is C13H17FO2S2. The molecule has 1 fully saturated rings. The van der Waals surface area contributed by atoms with Gasteiger partial charge in [0.1, 0.15) is 5.82 Å². The molecule has 1 saturated heterocycles. The monoisotopic (exact) mass is 288 g/mol. The first-order valence-electron chi connectivity index (χ1n) is 6.02. The number of aliphatic hydroxyl groups excluding tert-OH is 1. The van der Waals surface area contributed by atoms with E-state index < -0.39 is 6.29 Å². The Bertz CT molecular complexity index is 375. The van der Waals surface area contributed by atoms with Crippen molar-refractivity contribution in [3.05, 3.63) is 35.6 Å². The topological polar surface area (TPSA) is 40.5 Å². The van der Waals surface area contributed by atoms with Gasteiger partial charge in [-0.25, -0.2) is 4.39 Å². The van der Waals surface area contributed by atoms with E-state index in [2.05, 4.69) is 0 Å². The summed E-state index contributed by atoms with van der Waals surface area (Å²) in [5.74, 6) is 1.96. The summed E-state index contributed by atoms with van der Waals surface area (Å²) in [5.41, 5.74) is 1.13. The van der Waals surface area contributed by atoms with E-state index in [0.717, 1.165) is 29.9 Å². The smallest absolute Gasteiger partial charge is 0.151 e. The van der Waals surface area contributed by atoms with Crippen LogP contribution in [0.4, 0.5) is 4.39 Å². The molecule has 2 rings (SSSR count). The highest BCUT2D eigenvalue weighted by Crippen LogP contribution is 2.54. The van der Waals surface area contributed by atoms with Gasteiger partial charge < -0.3 is 10.2 Å². The summed E-state index contributed by atoms with van der Waals surface area (Å²) in [4.78, 5) is 0. The Kier molecular flexibility index (Phi) is 4.95. The van der Waals surface area contributed by atoms with Crippen LogP contribution in [0.5, 0.6) is 0 Å². The molecule has 0 saturated carbocycles. The predicted molar refractivity (Wildman–Crippen MR) is 75.1 cm³/mol. The molecule has 100 valence electrons. The van der Waals surface area contributed by atoms with Crippen molar-refractivity contribution in [1.82, 2.24) is 0 Å². The van der Waals surface area contributed by atoms with Gasteiger partial charge in [-0.2, -0.15) is 0 Å².